The Balaban J connectivity index is 6.03. The number of amides is 4. The van der Waals surface area contributed by atoms with Crippen LogP contribution in [0.1, 0.15) is 78.1 Å². The quantitative estimate of drug-likeness (QED) is 0.0268. The van der Waals surface area contributed by atoms with Gasteiger partial charge in [0.15, 0.2) is 5.96 Å². The summed E-state index contributed by atoms with van der Waals surface area (Å²) in [5.41, 5.74) is 27.8. The summed E-state index contributed by atoms with van der Waals surface area (Å²) in [4.78, 5) is 79.6. The van der Waals surface area contributed by atoms with E-state index in [9.17, 15) is 39.0 Å². The number of nitrogens with zero attached hydrogens (tertiary/aromatic N) is 1. The van der Waals surface area contributed by atoms with Crippen LogP contribution in [-0.2, 0) is 28.8 Å². The molecule has 264 valence electrons. The molecule has 0 saturated carbocycles. The Morgan fingerprint density at radius 2 is 1.11 bits per heavy atom. The van der Waals surface area contributed by atoms with Gasteiger partial charge in [-0.1, -0.05) is 20.3 Å². The Hall–Kier alpha value is -4.03. The molecule has 18 nitrogen and oxygen atoms in total. The standard InChI is InChI=1S/C28H54N10O8/c1-16(2)22(27(45)46)38-26(44)18(9-4-6-14-30)36-25(43)20(11-12-21(39)40)37-24(42)19(10-7-15-34-28(32)33)35-23(41)17(31)8-3-5-13-29/h16-20,22H,3-15,29-31H2,1-2H3,(H,35,41)(H,36,43)(H,37,42)(H,38,44)(H,39,40)(H,45,46)(H4,32,33,34). The fraction of sp³-hybridized carbons (Fsp3) is 0.750. The van der Waals surface area contributed by atoms with Crippen LogP contribution in [0.15, 0.2) is 4.99 Å². The molecule has 0 saturated heterocycles. The molecule has 0 heterocycles. The van der Waals surface area contributed by atoms with E-state index in [0.717, 1.165) is 0 Å². The monoisotopic (exact) mass is 658 g/mol. The third kappa shape index (κ3) is 18.1. The highest BCUT2D eigenvalue weighted by molar-refractivity contribution is 5.95. The van der Waals surface area contributed by atoms with Gasteiger partial charge in [-0.15, -0.1) is 0 Å². The zero-order chi connectivity index (χ0) is 35.2. The summed E-state index contributed by atoms with van der Waals surface area (Å²) in [6.07, 6.45) is 2.05. The molecule has 0 aromatic rings. The number of carboxylic acids is 2. The summed E-state index contributed by atoms with van der Waals surface area (Å²) in [5, 5.41) is 28.8. The van der Waals surface area contributed by atoms with E-state index in [1.165, 1.54) is 0 Å². The van der Waals surface area contributed by atoms with Crippen LogP contribution >= 0.6 is 0 Å². The van der Waals surface area contributed by atoms with E-state index in [2.05, 4.69) is 26.3 Å². The summed E-state index contributed by atoms with van der Waals surface area (Å²) in [6, 6.07) is -5.98. The first kappa shape index (κ1) is 42.0. The average molecular weight is 659 g/mol. The van der Waals surface area contributed by atoms with E-state index in [1.54, 1.807) is 13.8 Å². The second-order valence-electron chi connectivity index (χ2n) is 11.3. The molecule has 46 heavy (non-hydrogen) atoms. The van der Waals surface area contributed by atoms with E-state index in [-0.39, 0.29) is 38.2 Å². The molecule has 0 bridgehead atoms. The summed E-state index contributed by atoms with van der Waals surface area (Å²) < 4.78 is 0. The zero-order valence-electron chi connectivity index (χ0n) is 26.8. The lowest BCUT2D eigenvalue weighted by Crippen LogP contribution is -2.58. The molecule has 4 amide bonds. The van der Waals surface area contributed by atoms with Gasteiger partial charge in [-0.2, -0.15) is 0 Å². The van der Waals surface area contributed by atoms with Crippen LogP contribution in [-0.4, -0.2) is 102 Å². The minimum absolute atomic E-state index is 0.0487. The van der Waals surface area contributed by atoms with E-state index in [4.69, 9.17) is 28.7 Å². The summed E-state index contributed by atoms with van der Waals surface area (Å²) in [6.45, 7) is 4.10. The van der Waals surface area contributed by atoms with Crippen molar-refractivity contribution in [2.45, 2.75) is 108 Å². The average Bonchev–Trinajstić information content (AvgIpc) is 2.97. The van der Waals surface area contributed by atoms with Gasteiger partial charge in [-0.25, -0.2) is 4.79 Å². The lowest BCUT2D eigenvalue weighted by molar-refractivity contribution is -0.143. The Kier molecular flexibility index (Phi) is 21.3. The maximum absolute atomic E-state index is 13.4. The first-order valence-corrected chi connectivity index (χ1v) is 15.5. The molecule has 16 N–H and O–H groups in total. The first-order chi connectivity index (χ1) is 21.6. The number of carbonyl (C=O) groups is 6. The lowest BCUT2D eigenvalue weighted by atomic mass is 10.0. The van der Waals surface area contributed by atoms with Gasteiger partial charge in [0.05, 0.1) is 6.04 Å². The summed E-state index contributed by atoms with van der Waals surface area (Å²) in [7, 11) is 0. The van der Waals surface area contributed by atoms with Crippen molar-refractivity contribution in [2.24, 2.45) is 39.6 Å². The molecule has 0 aliphatic heterocycles. The van der Waals surface area contributed by atoms with Gasteiger partial charge in [-0.3, -0.25) is 29.0 Å². The Morgan fingerprint density at radius 3 is 1.57 bits per heavy atom. The van der Waals surface area contributed by atoms with Crippen molar-refractivity contribution in [1.29, 1.82) is 0 Å². The molecular formula is C28H54N10O8. The van der Waals surface area contributed by atoms with Crippen molar-refractivity contribution >= 4 is 41.5 Å². The number of aliphatic carboxylic acids is 2. The molecule has 18 heteroatoms. The second-order valence-corrected chi connectivity index (χ2v) is 11.3. The molecule has 5 unspecified atom stereocenters. The van der Waals surface area contributed by atoms with Gasteiger partial charge >= 0.3 is 11.9 Å². The van der Waals surface area contributed by atoms with Gasteiger partial charge in [0, 0.05) is 13.0 Å². The zero-order valence-corrected chi connectivity index (χ0v) is 26.8. The first-order valence-electron chi connectivity index (χ1n) is 15.5. The molecule has 0 aliphatic rings. The molecule has 0 rings (SSSR count). The molecule has 0 aromatic heterocycles. The molecule has 0 radical (unpaired) electrons. The number of hydrogen-bond acceptors (Lipinski definition) is 10. The van der Waals surface area contributed by atoms with Crippen molar-refractivity contribution in [2.75, 3.05) is 19.6 Å². The number of aliphatic imine (C=N–C) groups is 1. The van der Waals surface area contributed by atoms with Crippen molar-refractivity contribution in [3.8, 4) is 0 Å². The fourth-order valence-corrected chi connectivity index (χ4v) is 4.30. The minimum Gasteiger partial charge on any atom is -0.481 e. The maximum atomic E-state index is 13.4. The van der Waals surface area contributed by atoms with E-state index < -0.39 is 78.1 Å². The van der Waals surface area contributed by atoms with E-state index >= 15 is 0 Å². The van der Waals surface area contributed by atoms with Gasteiger partial charge in [-0.05, 0) is 70.4 Å². The molecule has 0 spiro atoms. The van der Waals surface area contributed by atoms with Crippen molar-refractivity contribution in [1.82, 2.24) is 21.3 Å². The minimum atomic E-state index is -1.43. The number of nitrogens with two attached hydrogens (primary N) is 5. The van der Waals surface area contributed by atoms with Gasteiger partial charge in [0.25, 0.3) is 0 Å². The van der Waals surface area contributed by atoms with E-state index in [0.29, 0.717) is 45.2 Å². The topological polar surface area (TPSA) is 333 Å². The number of guanidine groups is 1. The normalized spacial score (nSPS) is 14.2. The van der Waals surface area contributed by atoms with Crippen molar-refractivity contribution < 1.29 is 39.0 Å². The lowest BCUT2D eigenvalue weighted by Gasteiger charge is -2.27. The van der Waals surface area contributed by atoms with Gasteiger partial charge in [0.1, 0.15) is 24.2 Å². The number of nitrogens with one attached hydrogen (secondary N) is 4. The van der Waals surface area contributed by atoms with Crippen LogP contribution in [0.3, 0.4) is 0 Å². The third-order valence-electron chi connectivity index (χ3n) is 6.97. The van der Waals surface area contributed by atoms with Gasteiger partial charge < -0.3 is 60.1 Å². The van der Waals surface area contributed by atoms with Crippen molar-refractivity contribution in [3.05, 3.63) is 0 Å². The number of rotatable bonds is 25. The predicted molar refractivity (Wildman–Crippen MR) is 171 cm³/mol. The highest BCUT2D eigenvalue weighted by Gasteiger charge is 2.32. The fourth-order valence-electron chi connectivity index (χ4n) is 4.30. The van der Waals surface area contributed by atoms with Crippen LogP contribution in [0, 0.1) is 5.92 Å². The number of carbonyl (C=O) groups excluding carboxylic acids is 4. The Morgan fingerprint density at radius 1 is 0.652 bits per heavy atom. The molecular weight excluding hydrogens is 604 g/mol. The summed E-state index contributed by atoms with van der Waals surface area (Å²) in [5.74, 6) is -6.16. The van der Waals surface area contributed by atoms with Crippen LogP contribution in [0.25, 0.3) is 0 Å². The van der Waals surface area contributed by atoms with Crippen LogP contribution < -0.4 is 49.9 Å². The predicted octanol–water partition coefficient (Wildman–Crippen LogP) is -2.83. The second kappa shape index (κ2) is 23.3. The number of carboxylic acid groups (broad SMARTS) is 2. The summed E-state index contributed by atoms with van der Waals surface area (Å²) >= 11 is 0. The maximum Gasteiger partial charge on any atom is 0.326 e. The number of unbranched alkanes of at least 4 members (excludes halogenated alkanes) is 2. The van der Waals surface area contributed by atoms with Crippen molar-refractivity contribution in [3.63, 3.8) is 0 Å². The molecule has 5 atom stereocenters. The van der Waals surface area contributed by atoms with Crippen LogP contribution in [0.2, 0.25) is 0 Å². The van der Waals surface area contributed by atoms with Crippen LogP contribution in [0.5, 0.6) is 0 Å². The largest absolute Gasteiger partial charge is 0.481 e. The van der Waals surface area contributed by atoms with Gasteiger partial charge in [0.2, 0.25) is 23.6 Å². The SMILES string of the molecule is CC(C)C(NC(=O)C(CCCCN)NC(=O)C(CCC(=O)O)NC(=O)C(CCCN=C(N)N)NC(=O)C(N)CCCCN)C(=O)O. The molecule has 0 aromatic carbocycles. The smallest absolute Gasteiger partial charge is 0.326 e. The third-order valence-corrected chi connectivity index (χ3v) is 6.97. The highest BCUT2D eigenvalue weighted by Crippen LogP contribution is 2.09. The Bertz CT molecular complexity index is 1020. The Labute approximate surface area is 269 Å². The molecule has 0 fully saturated rings. The highest BCUT2D eigenvalue weighted by atomic mass is 16.4. The number of hydrogen-bond donors (Lipinski definition) is 11. The molecule has 0 aliphatic carbocycles. The van der Waals surface area contributed by atoms with E-state index in [1.807, 2.05) is 0 Å². The van der Waals surface area contributed by atoms with Crippen LogP contribution in [0.4, 0.5) is 0 Å².